The summed E-state index contributed by atoms with van der Waals surface area (Å²) in [5.74, 6) is 0. The molecule has 0 aliphatic heterocycles. The lowest BCUT2D eigenvalue weighted by Crippen LogP contribution is -2.50. The minimum absolute atomic E-state index is 0.00956. The monoisotopic (exact) mass is 327 g/mol. The summed E-state index contributed by atoms with van der Waals surface area (Å²) >= 11 is 0. The van der Waals surface area contributed by atoms with Crippen LogP contribution in [0.5, 0.6) is 0 Å². The second-order valence-corrected chi connectivity index (χ2v) is 7.02. The summed E-state index contributed by atoms with van der Waals surface area (Å²) in [5.41, 5.74) is -0.0535. The van der Waals surface area contributed by atoms with E-state index >= 15 is 0 Å². The molecule has 0 fully saturated rings. The predicted octanol–water partition coefficient (Wildman–Crippen LogP) is 4.59. The predicted molar refractivity (Wildman–Crippen MR) is 101 cm³/mol. The zero-order valence-corrected chi connectivity index (χ0v) is 16.1. The van der Waals surface area contributed by atoms with Gasteiger partial charge in [-0.25, -0.2) is 4.79 Å². The second-order valence-electron chi connectivity index (χ2n) is 7.02. The lowest BCUT2D eigenvalue weighted by Gasteiger charge is -2.31. The van der Waals surface area contributed by atoms with Crippen LogP contribution in [0.25, 0.3) is 0 Å². The first-order valence-electron chi connectivity index (χ1n) is 9.78. The molecule has 3 N–H and O–H groups in total. The quantitative estimate of drug-likeness (QED) is 0.385. The standard InChI is InChI=1S/C19H41N3O/c1-5-7-11-15-19(3,14-8-6-2)22-18(23)21-17-13-10-9-12-16-20-4/h20H,5-17H2,1-4H3,(H2,21,22,23). The summed E-state index contributed by atoms with van der Waals surface area (Å²) in [4.78, 5) is 12.2. The molecule has 0 rings (SSSR count). The Bertz CT molecular complexity index is 284. The maximum Gasteiger partial charge on any atom is 0.315 e. The fraction of sp³-hybridized carbons (Fsp3) is 0.947. The van der Waals surface area contributed by atoms with Gasteiger partial charge in [-0.3, -0.25) is 0 Å². The van der Waals surface area contributed by atoms with E-state index in [-0.39, 0.29) is 11.6 Å². The van der Waals surface area contributed by atoms with Crippen LogP contribution in [0.3, 0.4) is 0 Å². The summed E-state index contributed by atoms with van der Waals surface area (Å²) in [7, 11) is 1.99. The van der Waals surface area contributed by atoms with E-state index in [9.17, 15) is 4.79 Å². The Balaban J connectivity index is 3.97. The lowest BCUT2D eigenvalue weighted by molar-refractivity contribution is 0.219. The summed E-state index contributed by atoms with van der Waals surface area (Å²) in [6.45, 7) is 8.50. The molecule has 0 radical (unpaired) electrons. The molecule has 2 amide bonds. The molecular formula is C19H41N3O. The molecule has 0 aliphatic rings. The summed E-state index contributed by atoms with van der Waals surface area (Å²) < 4.78 is 0. The molecule has 0 bridgehead atoms. The molecule has 138 valence electrons. The number of carbonyl (C=O) groups excluding carboxylic acids is 1. The molecular weight excluding hydrogens is 286 g/mol. The largest absolute Gasteiger partial charge is 0.338 e. The number of nitrogens with one attached hydrogen (secondary N) is 3. The van der Waals surface area contributed by atoms with Crippen molar-refractivity contribution in [2.24, 2.45) is 0 Å². The zero-order valence-electron chi connectivity index (χ0n) is 16.1. The van der Waals surface area contributed by atoms with Gasteiger partial charge in [0.25, 0.3) is 0 Å². The van der Waals surface area contributed by atoms with Crippen molar-refractivity contribution in [2.45, 2.75) is 96.9 Å². The van der Waals surface area contributed by atoms with Gasteiger partial charge in [-0.15, -0.1) is 0 Å². The first kappa shape index (κ1) is 22.2. The number of hydrogen-bond acceptors (Lipinski definition) is 2. The van der Waals surface area contributed by atoms with Crippen molar-refractivity contribution in [2.75, 3.05) is 20.1 Å². The van der Waals surface area contributed by atoms with Gasteiger partial charge in [-0.2, -0.15) is 0 Å². The van der Waals surface area contributed by atoms with Gasteiger partial charge in [-0.05, 0) is 46.2 Å². The van der Waals surface area contributed by atoms with Crippen LogP contribution < -0.4 is 16.0 Å². The van der Waals surface area contributed by atoms with Gasteiger partial charge in [0.1, 0.15) is 0 Å². The molecule has 23 heavy (non-hydrogen) atoms. The van der Waals surface area contributed by atoms with Gasteiger partial charge in [0.15, 0.2) is 0 Å². The number of urea groups is 1. The van der Waals surface area contributed by atoms with Crippen molar-refractivity contribution in [1.29, 1.82) is 0 Å². The number of carbonyl (C=O) groups is 1. The minimum atomic E-state index is -0.0535. The molecule has 1 unspecified atom stereocenters. The highest BCUT2D eigenvalue weighted by molar-refractivity contribution is 5.74. The fourth-order valence-electron chi connectivity index (χ4n) is 2.88. The van der Waals surface area contributed by atoms with Crippen LogP contribution in [-0.4, -0.2) is 31.7 Å². The molecule has 0 heterocycles. The van der Waals surface area contributed by atoms with Gasteiger partial charge in [0.2, 0.25) is 0 Å². The third-order valence-electron chi connectivity index (χ3n) is 4.47. The molecule has 4 heteroatoms. The van der Waals surface area contributed by atoms with E-state index in [1.807, 2.05) is 7.05 Å². The Kier molecular flexibility index (Phi) is 14.3. The minimum Gasteiger partial charge on any atom is -0.338 e. The average molecular weight is 328 g/mol. The molecule has 1 atom stereocenters. The third kappa shape index (κ3) is 13.4. The van der Waals surface area contributed by atoms with Gasteiger partial charge in [0, 0.05) is 12.1 Å². The van der Waals surface area contributed by atoms with Crippen LogP contribution in [0.15, 0.2) is 0 Å². The summed E-state index contributed by atoms with van der Waals surface area (Å²) in [6.07, 6.45) is 12.9. The highest BCUT2D eigenvalue weighted by Gasteiger charge is 2.24. The molecule has 0 aromatic rings. The molecule has 4 nitrogen and oxygen atoms in total. The van der Waals surface area contributed by atoms with Gasteiger partial charge in [0.05, 0.1) is 0 Å². The molecule has 0 aliphatic carbocycles. The summed E-state index contributed by atoms with van der Waals surface area (Å²) in [6, 6.07) is 0.00956. The van der Waals surface area contributed by atoms with E-state index in [1.165, 1.54) is 51.4 Å². The van der Waals surface area contributed by atoms with Crippen LogP contribution in [-0.2, 0) is 0 Å². The van der Waals surface area contributed by atoms with Crippen molar-refractivity contribution >= 4 is 6.03 Å². The highest BCUT2D eigenvalue weighted by Crippen LogP contribution is 2.21. The van der Waals surface area contributed by atoms with Crippen molar-refractivity contribution in [3.8, 4) is 0 Å². The van der Waals surface area contributed by atoms with E-state index in [0.29, 0.717) is 0 Å². The van der Waals surface area contributed by atoms with Crippen LogP contribution >= 0.6 is 0 Å². The fourth-order valence-corrected chi connectivity index (χ4v) is 2.88. The molecule has 0 saturated heterocycles. The molecule has 0 saturated carbocycles. The van der Waals surface area contributed by atoms with E-state index < -0.39 is 0 Å². The lowest BCUT2D eigenvalue weighted by atomic mass is 9.89. The third-order valence-corrected chi connectivity index (χ3v) is 4.47. The maximum absolute atomic E-state index is 12.2. The number of rotatable bonds is 15. The molecule has 0 spiro atoms. The first-order valence-corrected chi connectivity index (χ1v) is 9.78. The van der Waals surface area contributed by atoms with Crippen LogP contribution in [0, 0.1) is 0 Å². The Hall–Kier alpha value is -0.770. The molecule has 0 aromatic carbocycles. The summed E-state index contributed by atoms with van der Waals surface area (Å²) in [5, 5.41) is 9.43. The van der Waals surface area contributed by atoms with E-state index in [0.717, 1.165) is 32.4 Å². The van der Waals surface area contributed by atoms with Crippen LogP contribution in [0.4, 0.5) is 4.79 Å². The second kappa shape index (κ2) is 14.8. The zero-order chi connectivity index (χ0) is 17.4. The highest BCUT2D eigenvalue weighted by atomic mass is 16.2. The number of unbranched alkanes of at least 4 members (excludes halogenated alkanes) is 6. The van der Waals surface area contributed by atoms with E-state index in [2.05, 4.69) is 36.7 Å². The van der Waals surface area contributed by atoms with Crippen molar-refractivity contribution in [3.63, 3.8) is 0 Å². The van der Waals surface area contributed by atoms with E-state index in [1.54, 1.807) is 0 Å². The Labute approximate surface area is 144 Å². The van der Waals surface area contributed by atoms with Crippen molar-refractivity contribution < 1.29 is 4.79 Å². The maximum atomic E-state index is 12.2. The smallest absolute Gasteiger partial charge is 0.315 e. The van der Waals surface area contributed by atoms with Crippen LogP contribution in [0.1, 0.15) is 91.4 Å². The SMILES string of the molecule is CCCCCC(C)(CCCC)NC(=O)NCCCCCCNC. The average Bonchev–Trinajstić information content (AvgIpc) is 2.52. The first-order chi connectivity index (χ1) is 11.1. The Morgan fingerprint density at radius 2 is 1.43 bits per heavy atom. The van der Waals surface area contributed by atoms with Gasteiger partial charge in [-0.1, -0.05) is 58.8 Å². The van der Waals surface area contributed by atoms with Gasteiger partial charge >= 0.3 is 6.03 Å². The number of amides is 2. The van der Waals surface area contributed by atoms with E-state index in [4.69, 9.17) is 0 Å². The normalized spacial score (nSPS) is 13.6. The number of hydrogen-bond donors (Lipinski definition) is 3. The van der Waals surface area contributed by atoms with Crippen molar-refractivity contribution in [3.05, 3.63) is 0 Å². The van der Waals surface area contributed by atoms with Crippen LogP contribution in [0.2, 0.25) is 0 Å². The van der Waals surface area contributed by atoms with Gasteiger partial charge < -0.3 is 16.0 Å². The van der Waals surface area contributed by atoms with Crippen molar-refractivity contribution in [1.82, 2.24) is 16.0 Å². The topological polar surface area (TPSA) is 53.2 Å². The molecule has 0 aromatic heterocycles. The Morgan fingerprint density at radius 1 is 0.826 bits per heavy atom. The Morgan fingerprint density at radius 3 is 2.04 bits per heavy atom.